The van der Waals surface area contributed by atoms with Gasteiger partial charge in [0.2, 0.25) is 5.91 Å². The zero-order valence-electron chi connectivity index (χ0n) is 10.4. The number of nitrogens with one attached hydrogen (secondary N) is 1. The van der Waals surface area contributed by atoms with Crippen LogP contribution >= 0.6 is 0 Å². The monoisotopic (exact) mass is 228 g/mol. The molecule has 94 valence electrons. The Morgan fingerprint density at radius 1 is 1.56 bits per heavy atom. The quantitative estimate of drug-likeness (QED) is 0.710. The number of hydrogen-bond acceptors (Lipinski definition) is 3. The highest BCUT2D eigenvalue weighted by Crippen LogP contribution is 2.30. The molecule has 0 spiro atoms. The second kappa shape index (κ2) is 6.86. The van der Waals surface area contributed by atoms with Crippen LogP contribution in [0.4, 0.5) is 0 Å². The van der Waals surface area contributed by atoms with Crippen molar-refractivity contribution in [2.24, 2.45) is 17.6 Å². The second-order valence-corrected chi connectivity index (χ2v) is 4.81. The van der Waals surface area contributed by atoms with E-state index in [1.807, 2.05) is 0 Å². The summed E-state index contributed by atoms with van der Waals surface area (Å²) in [4.78, 5) is 11.8. The molecule has 0 aromatic heterocycles. The first kappa shape index (κ1) is 13.5. The highest BCUT2D eigenvalue weighted by molar-refractivity contribution is 5.79. The molecule has 16 heavy (non-hydrogen) atoms. The maximum Gasteiger partial charge on any atom is 0.223 e. The lowest BCUT2D eigenvalue weighted by atomic mass is 9.97. The number of hydrogen-bond donors (Lipinski definition) is 2. The van der Waals surface area contributed by atoms with Crippen molar-refractivity contribution in [2.75, 3.05) is 20.3 Å². The van der Waals surface area contributed by atoms with E-state index in [4.69, 9.17) is 10.5 Å². The molecule has 4 nitrogen and oxygen atoms in total. The van der Waals surface area contributed by atoms with E-state index in [9.17, 15) is 4.79 Å². The molecule has 3 atom stereocenters. The van der Waals surface area contributed by atoms with E-state index >= 15 is 0 Å². The normalized spacial score (nSPS) is 26.7. The zero-order chi connectivity index (χ0) is 12.0. The third-order valence-electron chi connectivity index (χ3n) is 3.39. The molecule has 1 aliphatic carbocycles. The van der Waals surface area contributed by atoms with E-state index in [0.717, 1.165) is 12.8 Å². The average Bonchev–Trinajstić information content (AvgIpc) is 2.64. The lowest BCUT2D eigenvalue weighted by Gasteiger charge is -2.16. The fourth-order valence-electron chi connectivity index (χ4n) is 2.34. The predicted octanol–water partition coefficient (Wildman–Crippen LogP) is 0.903. The molecule has 0 bridgehead atoms. The summed E-state index contributed by atoms with van der Waals surface area (Å²) in [5.74, 6) is 0.959. The number of methoxy groups -OCH3 is 1. The van der Waals surface area contributed by atoms with Crippen LogP contribution in [-0.2, 0) is 9.53 Å². The van der Waals surface area contributed by atoms with Crippen LogP contribution in [0.25, 0.3) is 0 Å². The first-order valence-electron chi connectivity index (χ1n) is 6.17. The summed E-state index contributed by atoms with van der Waals surface area (Å²) in [6.45, 7) is 3.37. The molecular weight excluding hydrogens is 204 g/mol. The number of nitrogens with two attached hydrogens (primary N) is 1. The van der Waals surface area contributed by atoms with Gasteiger partial charge in [-0.1, -0.05) is 13.3 Å². The molecular formula is C12H24N2O2. The minimum Gasteiger partial charge on any atom is -0.383 e. The van der Waals surface area contributed by atoms with E-state index in [2.05, 4.69) is 12.2 Å². The van der Waals surface area contributed by atoms with Gasteiger partial charge in [-0.25, -0.2) is 0 Å². The van der Waals surface area contributed by atoms with Crippen LogP contribution in [-0.4, -0.2) is 32.2 Å². The molecule has 0 aliphatic heterocycles. The molecule has 0 aromatic rings. The Morgan fingerprint density at radius 2 is 2.31 bits per heavy atom. The zero-order valence-corrected chi connectivity index (χ0v) is 10.4. The fourth-order valence-corrected chi connectivity index (χ4v) is 2.34. The van der Waals surface area contributed by atoms with Crippen LogP contribution in [0.2, 0.25) is 0 Å². The van der Waals surface area contributed by atoms with Gasteiger partial charge < -0.3 is 15.8 Å². The smallest absolute Gasteiger partial charge is 0.223 e. The molecule has 1 fully saturated rings. The van der Waals surface area contributed by atoms with Gasteiger partial charge in [0.15, 0.2) is 0 Å². The lowest BCUT2D eigenvalue weighted by Crippen LogP contribution is -2.36. The van der Waals surface area contributed by atoms with Crippen molar-refractivity contribution in [3.05, 3.63) is 0 Å². The van der Waals surface area contributed by atoms with Gasteiger partial charge in [-0.15, -0.1) is 0 Å². The molecule has 0 heterocycles. The third kappa shape index (κ3) is 4.10. The molecule has 4 heteroatoms. The van der Waals surface area contributed by atoms with E-state index in [1.165, 1.54) is 12.8 Å². The number of ether oxygens (including phenoxy) is 1. The average molecular weight is 228 g/mol. The van der Waals surface area contributed by atoms with Crippen LogP contribution in [0.5, 0.6) is 0 Å². The van der Waals surface area contributed by atoms with Crippen LogP contribution in [0.1, 0.15) is 32.6 Å². The van der Waals surface area contributed by atoms with Crippen molar-refractivity contribution in [2.45, 2.75) is 38.6 Å². The molecule has 0 saturated heterocycles. The van der Waals surface area contributed by atoms with Crippen molar-refractivity contribution in [1.82, 2.24) is 5.32 Å². The summed E-state index contributed by atoms with van der Waals surface area (Å²) in [6.07, 6.45) is 4.18. The Labute approximate surface area is 97.9 Å². The Balaban J connectivity index is 2.15. The summed E-state index contributed by atoms with van der Waals surface area (Å²) in [5, 5.41) is 2.97. The second-order valence-electron chi connectivity index (χ2n) is 4.81. The van der Waals surface area contributed by atoms with Gasteiger partial charge >= 0.3 is 0 Å². The van der Waals surface area contributed by atoms with E-state index in [-0.39, 0.29) is 17.9 Å². The summed E-state index contributed by atoms with van der Waals surface area (Å²) in [7, 11) is 1.64. The number of amides is 1. The maximum atomic E-state index is 11.8. The fraction of sp³-hybridized carbons (Fsp3) is 0.917. The summed E-state index contributed by atoms with van der Waals surface area (Å²) >= 11 is 0. The first-order chi connectivity index (χ1) is 7.65. The standard InChI is InChI=1S/C12H24N2O2/c1-9-4-3-5-11(9)12(15)14-7-6-10(13)8-16-2/h9-11H,3-8,13H2,1-2H3,(H,14,15). The number of rotatable bonds is 6. The van der Waals surface area contributed by atoms with Gasteiger partial charge in [-0.3, -0.25) is 4.79 Å². The summed E-state index contributed by atoms with van der Waals surface area (Å²) in [5.41, 5.74) is 5.77. The van der Waals surface area contributed by atoms with Gasteiger partial charge in [0, 0.05) is 25.6 Å². The first-order valence-corrected chi connectivity index (χ1v) is 6.17. The van der Waals surface area contributed by atoms with Crippen molar-refractivity contribution in [3.8, 4) is 0 Å². The topological polar surface area (TPSA) is 64.3 Å². The van der Waals surface area contributed by atoms with E-state index < -0.39 is 0 Å². The van der Waals surface area contributed by atoms with Crippen molar-refractivity contribution < 1.29 is 9.53 Å². The maximum absolute atomic E-state index is 11.8. The van der Waals surface area contributed by atoms with Crippen LogP contribution in [0.3, 0.4) is 0 Å². The number of carbonyl (C=O) groups excluding carboxylic acids is 1. The molecule has 0 radical (unpaired) electrons. The van der Waals surface area contributed by atoms with Crippen molar-refractivity contribution >= 4 is 5.91 Å². The Morgan fingerprint density at radius 3 is 2.88 bits per heavy atom. The van der Waals surface area contributed by atoms with Gasteiger partial charge in [0.25, 0.3) is 0 Å². The Bertz CT molecular complexity index is 221. The van der Waals surface area contributed by atoms with E-state index in [1.54, 1.807) is 7.11 Å². The van der Waals surface area contributed by atoms with Gasteiger partial charge in [0.05, 0.1) is 6.61 Å². The van der Waals surface area contributed by atoms with Crippen molar-refractivity contribution in [1.29, 1.82) is 0 Å². The molecule has 0 aromatic carbocycles. The third-order valence-corrected chi connectivity index (χ3v) is 3.39. The molecule has 3 unspecified atom stereocenters. The summed E-state index contributed by atoms with van der Waals surface area (Å²) in [6, 6.07) is 0.0197. The van der Waals surface area contributed by atoms with E-state index in [0.29, 0.717) is 19.1 Å². The highest BCUT2D eigenvalue weighted by Gasteiger charge is 2.29. The highest BCUT2D eigenvalue weighted by atomic mass is 16.5. The molecule has 1 saturated carbocycles. The van der Waals surface area contributed by atoms with Gasteiger partial charge in [-0.2, -0.15) is 0 Å². The predicted molar refractivity (Wildman–Crippen MR) is 64.0 cm³/mol. The largest absolute Gasteiger partial charge is 0.383 e. The SMILES string of the molecule is COCC(N)CCNC(=O)C1CCCC1C. The summed E-state index contributed by atoms with van der Waals surface area (Å²) < 4.78 is 4.94. The minimum absolute atomic E-state index is 0.0197. The molecule has 1 rings (SSSR count). The van der Waals surface area contributed by atoms with Crippen LogP contribution in [0.15, 0.2) is 0 Å². The lowest BCUT2D eigenvalue weighted by molar-refractivity contribution is -0.125. The Kier molecular flexibility index (Phi) is 5.77. The number of carbonyl (C=O) groups is 1. The van der Waals surface area contributed by atoms with Gasteiger partial charge in [-0.05, 0) is 25.2 Å². The molecule has 1 amide bonds. The van der Waals surface area contributed by atoms with Crippen molar-refractivity contribution in [3.63, 3.8) is 0 Å². The van der Waals surface area contributed by atoms with Crippen LogP contribution in [0, 0.1) is 11.8 Å². The van der Waals surface area contributed by atoms with Crippen LogP contribution < -0.4 is 11.1 Å². The minimum atomic E-state index is 0.0197. The molecule has 3 N–H and O–H groups in total. The Hall–Kier alpha value is -0.610. The molecule has 1 aliphatic rings. The van der Waals surface area contributed by atoms with Gasteiger partial charge in [0.1, 0.15) is 0 Å².